The van der Waals surface area contributed by atoms with Crippen LogP contribution in [0, 0.1) is 0 Å². The second kappa shape index (κ2) is 9.09. The summed E-state index contributed by atoms with van der Waals surface area (Å²) in [4.78, 5) is 38.3. The van der Waals surface area contributed by atoms with Gasteiger partial charge in [-0.15, -0.1) is 0 Å². The Morgan fingerprint density at radius 1 is 1.21 bits per heavy atom. The number of rotatable bonds is 7. The van der Waals surface area contributed by atoms with Gasteiger partial charge in [0, 0.05) is 17.8 Å². The number of hydrogen-bond acceptors (Lipinski definition) is 5. The molecule has 2 aromatic rings. The molecule has 3 amide bonds. The van der Waals surface area contributed by atoms with Crippen molar-refractivity contribution in [2.45, 2.75) is 13.3 Å². The van der Waals surface area contributed by atoms with E-state index in [4.69, 9.17) is 9.47 Å². The first-order valence-corrected chi connectivity index (χ1v) is 9.31. The van der Waals surface area contributed by atoms with Crippen LogP contribution in [0.3, 0.4) is 0 Å². The lowest BCUT2D eigenvalue weighted by Gasteiger charge is -2.29. The second-order valence-electron chi connectivity index (χ2n) is 6.49. The quantitative estimate of drug-likeness (QED) is 0.747. The van der Waals surface area contributed by atoms with Crippen LogP contribution in [0.15, 0.2) is 42.5 Å². The van der Waals surface area contributed by atoms with Crippen LogP contribution < -0.4 is 25.0 Å². The highest BCUT2D eigenvalue weighted by Crippen LogP contribution is 2.34. The van der Waals surface area contributed by atoms with Crippen molar-refractivity contribution in [1.29, 1.82) is 0 Å². The van der Waals surface area contributed by atoms with Gasteiger partial charge in [0.15, 0.2) is 6.61 Å². The van der Waals surface area contributed by atoms with Crippen molar-refractivity contribution in [3.8, 4) is 11.5 Å². The number of anilines is 2. The van der Waals surface area contributed by atoms with Gasteiger partial charge in [0.1, 0.15) is 18.0 Å². The van der Waals surface area contributed by atoms with Crippen LogP contribution in [-0.2, 0) is 9.59 Å². The van der Waals surface area contributed by atoms with Gasteiger partial charge >= 0.3 is 0 Å². The zero-order valence-electron chi connectivity index (χ0n) is 16.4. The molecule has 0 saturated heterocycles. The Hall–Kier alpha value is -3.55. The average molecular weight is 397 g/mol. The van der Waals surface area contributed by atoms with Gasteiger partial charge in [-0.2, -0.15) is 0 Å². The van der Waals surface area contributed by atoms with E-state index >= 15 is 0 Å². The fraction of sp³-hybridized carbons (Fsp3) is 0.286. The summed E-state index contributed by atoms with van der Waals surface area (Å²) in [7, 11) is 1.53. The van der Waals surface area contributed by atoms with Gasteiger partial charge in [0.25, 0.3) is 11.8 Å². The molecule has 0 fully saturated rings. The summed E-state index contributed by atoms with van der Waals surface area (Å²) >= 11 is 0. The second-order valence-corrected chi connectivity index (χ2v) is 6.49. The van der Waals surface area contributed by atoms with E-state index in [1.54, 1.807) is 42.5 Å². The first kappa shape index (κ1) is 20.2. The van der Waals surface area contributed by atoms with Crippen molar-refractivity contribution < 1.29 is 23.9 Å². The van der Waals surface area contributed by atoms with E-state index < -0.39 is 0 Å². The van der Waals surface area contributed by atoms with Crippen LogP contribution in [-0.4, -0.2) is 44.5 Å². The third-order valence-electron chi connectivity index (χ3n) is 4.37. The molecule has 8 nitrogen and oxygen atoms in total. The van der Waals surface area contributed by atoms with Gasteiger partial charge in [0.2, 0.25) is 5.91 Å². The molecule has 0 saturated carbocycles. The summed E-state index contributed by atoms with van der Waals surface area (Å²) in [5, 5.41) is 5.55. The van der Waals surface area contributed by atoms with Gasteiger partial charge in [-0.05, 0) is 42.8 Å². The van der Waals surface area contributed by atoms with Gasteiger partial charge in [-0.25, -0.2) is 0 Å². The molecule has 152 valence electrons. The molecule has 0 atom stereocenters. The van der Waals surface area contributed by atoms with Crippen LogP contribution in [0.5, 0.6) is 11.5 Å². The topological polar surface area (TPSA) is 97.0 Å². The normalized spacial score (nSPS) is 12.6. The first-order chi connectivity index (χ1) is 14.0. The molecule has 0 bridgehead atoms. The third-order valence-corrected chi connectivity index (χ3v) is 4.37. The van der Waals surface area contributed by atoms with Crippen LogP contribution in [0.2, 0.25) is 0 Å². The minimum Gasteiger partial charge on any atom is -0.497 e. The zero-order valence-corrected chi connectivity index (χ0v) is 16.4. The number of nitrogens with zero attached hydrogens (tertiary/aromatic N) is 1. The van der Waals surface area contributed by atoms with E-state index in [9.17, 15) is 14.4 Å². The molecule has 0 aliphatic carbocycles. The van der Waals surface area contributed by atoms with Gasteiger partial charge in [-0.1, -0.05) is 13.0 Å². The lowest BCUT2D eigenvalue weighted by Crippen LogP contribution is -2.45. The Bertz CT molecular complexity index is 928. The SMILES string of the molecule is CCCNC(=O)CN1C(=O)COc2ccc(NC(=O)c3cccc(OC)c3)cc21. The first-order valence-electron chi connectivity index (χ1n) is 9.31. The van der Waals surface area contributed by atoms with Crippen molar-refractivity contribution >= 4 is 29.1 Å². The van der Waals surface area contributed by atoms with Crippen LogP contribution in [0.4, 0.5) is 11.4 Å². The number of fused-ring (bicyclic) bond motifs is 1. The molecule has 8 heteroatoms. The van der Waals surface area contributed by atoms with Crippen LogP contribution >= 0.6 is 0 Å². The summed E-state index contributed by atoms with van der Waals surface area (Å²) in [6, 6.07) is 11.8. The Morgan fingerprint density at radius 2 is 2.03 bits per heavy atom. The van der Waals surface area contributed by atoms with E-state index in [2.05, 4.69) is 10.6 Å². The number of amides is 3. The molecule has 1 heterocycles. The lowest BCUT2D eigenvalue weighted by molar-refractivity contribution is -0.125. The molecular formula is C21H23N3O5. The molecule has 2 N–H and O–H groups in total. The van der Waals surface area contributed by atoms with Crippen molar-refractivity contribution in [3.63, 3.8) is 0 Å². The smallest absolute Gasteiger partial charge is 0.265 e. The third kappa shape index (κ3) is 4.84. The number of methoxy groups -OCH3 is 1. The van der Waals surface area contributed by atoms with Gasteiger partial charge in [0.05, 0.1) is 12.8 Å². The van der Waals surface area contributed by atoms with Crippen molar-refractivity contribution in [2.24, 2.45) is 0 Å². The zero-order chi connectivity index (χ0) is 20.8. The Morgan fingerprint density at radius 3 is 2.79 bits per heavy atom. The Labute approximate surface area is 168 Å². The molecule has 0 radical (unpaired) electrons. The molecule has 3 rings (SSSR count). The highest BCUT2D eigenvalue weighted by atomic mass is 16.5. The van der Waals surface area contributed by atoms with E-state index in [0.717, 1.165) is 6.42 Å². The summed E-state index contributed by atoms with van der Waals surface area (Å²) < 4.78 is 10.6. The molecular weight excluding hydrogens is 374 g/mol. The summed E-state index contributed by atoms with van der Waals surface area (Å²) in [6.45, 7) is 2.25. The number of ether oxygens (including phenoxy) is 2. The maximum absolute atomic E-state index is 12.5. The monoisotopic (exact) mass is 397 g/mol. The van der Waals surface area contributed by atoms with E-state index in [1.165, 1.54) is 12.0 Å². The average Bonchev–Trinajstić information content (AvgIpc) is 2.74. The summed E-state index contributed by atoms with van der Waals surface area (Å²) in [5.41, 5.74) is 1.36. The number of nitrogens with one attached hydrogen (secondary N) is 2. The number of benzene rings is 2. The van der Waals surface area contributed by atoms with Crippen molar-refractivity contribution in [1.82, 2.24) is 5.32 Å². The number of hydrogen-bond donors (Lipinski definition) is 2. The van der Waals surface area contributed by atoms with Gasteiger partial charge < -0.3 is 20.1 Å². The number of carbonyl (C=O) groups is 3. The molecule has 0 aromatic heterocycles. The lowest BCUT2D eigenvalue weighted by atomic mass is 10.1. The van der Waals surface area contributed by atoms with Crippen molar-refractivity contribution in [3.05, 3.63) is 48.0 Å². The Balaban J connectivity index is 1.80. The molecule has 1 aliphatic heterocycles. The largest absolute Gasteiger partial charge is 0.497 e. The summed E-state index contributed by atoms with van der Waals surface area (Å²) in [5.74, 6) is 0.164. The Kier molecular flexibility index (Phi) is 6.33. The van der Waals surface area contributed by atoms with Crippen molar-refractivity contribution in [2.75, 3.05) is 37.0 Å². The number of carbonyl (C=O) groups excluding carboxylic acids is 3. The predicted octanol–water partition coefficient (Wildman–Crippen LogP) is 2.20. The fourth-order valence-corrected chi connectivity index (χ4v) is 2.88. The van der Waals surface area contributed by atoms with Crippen LogP contribution in [0.25, 0.3) is 0 Å². The standard InChI is InChI=1S/C21H23N3O5/c1-3-9-22-19(25)12-24-17-11-15(7-8-18(17)29-13-20(24)26)23-21(27)14-5-4-6-16(10-14)28-2/h4-8,10-11H,3,9,12-13H2,1-2H3,(H,22,25)(H,23,27). The highest BCUT2D eigenvalue weighted by Gasteiger charge is 2.27. The maximum Gasteiger partial charge on any atom is 0.265 e. The fourth-order valence-electron chi connectivity index (χ4n) is 2.88. The predicted molar refractivity (Wildman–Crippen MR) is 109 cm³/mol. The molecule has 0 unspecified atom stereocenters. The van der Waals surface area contributed by atoms with E-state index in [-0.39, 0.29) is 30.9 Å². The highest BCUT2D eigenvalue weighted by molar-refractivity contribution is 6.06. The minimum absolute atomic E-state index is 0.109. The molecule has 0 spiro atoms. The molecule has 29 heavy (non-hydrogen) atoms. The molecule has 2 aromatic carbocycles. The minimum atomic E-state index is -0.320. The van der Waals surface area contributed by atoms with Crippen LogP contribution in [0.1, 0.15) is 23.7 Å². The van der Waals surface area contributed by atoms with E-state index in [1.807, 2.05) is 6.92 Å². The maximum atomic E-state index is 12.5. The van der Waals surface area contributed by atoms with Gasteiger partial charge in [-0.3, -0.25) is 19.3 Å². The van der Waals surface area contributed by atoms with E-state index in [0.29, 0.717) is 35.0 Å². The molecule has 1 aliphatic rings. The summed E-state index contributed by atoms with van der Waals surface area (Å²) in [6.07, 6.45) is 0.805.